The summed E-state index contributed by atoms with van der Waals surface area (Å²) < 4.78 is 11.7. The van der Waals surface area contributed by atoms with Crippen LogP contribution in [-0.4, -0.2) is 29.1 Å². The minimum Gasteiger partial charge on any atom is -0.454 e. The summed E-state index contributed by atoms with van der Waals surface area (Å²) in [4.78, 5) is 23.2. The average molecular weight is 302 g/mol. The highest BCUT2D eigenvalue weighted by Crippen LogP contribution is 2.34. The molecule has 0 saturated carbocycles. The van der Waals surface area contributed by atoms with Crippen LogP contribution in [-0.2, 0) is 6.54 Å². The Labute approximate surface area is 125 Å². The number of carbonyl (C=O) groups excluding carboxylic acids is 1. The minimum absolute atomic E-state index is 0.184. The van der Waals surface area contributed by atoms with E-state index in [1.165, 1.54) is 16.9 Å². The van der Waals surface area contributed by atoms with Gasteiger partial charge < -0.3 is 20.1 Å². The number of benzene rings is 1. The summed E-state index contributed by atoms with van der Waals surface area (Å²) >= 11 is 0. The van der Waals surface area contributed by atoms with Crippen LogP contribution in [0.25, 0.3) is 0 Å². The van der Waals surface area contributed by atoms with E-state index in [0.717, 1.165) is 0 Å². The monoisotopic (exact) mass is 302 g/mol. The number of fused-ring (bicyclic) bond motifs is 1. The molecule has 2 heterocycles. The lowest BCUT2D eigenvalue weighted by atomic mass is 10.3. The number of rotatable bonds is 4. The Morgan fingerprint density at radius 2 is 2.14 bits per heavy atom. The van der Waals surface area contributed by atoms with Gasteiger partial charge >= 0.3 is 6.03 Å². The molecule has 2 N–H and O–H groups in total. The summed E-state index contributed by atoms with van der Waals surface area (Å²) in [6.45, 7) is 0.769. The molecule has 0 radical (unpaired) electrons. The Balaban J connectivity index is 1.50. The van der Waals surface area contributed by atoms with E-state index in [-0.39, 0.29) is 24.9 Å². The van der Waals surface area contributed by atoms with Crippen molar-refractivity contribution < 1.29 is 14.3 Å². The molecule has 1 aliphatic heterocycles. The molecule has 8 heteroatoms. The Morgan fingerprint density at radius 1 is 1.27 bits per heavy atom. The fourth-order valence-electron chi connectivity index (χ4n) is 1.98. The molecule has 114 valence electrons. The molecule has 0 spiro atoms. The molecule has 1 aliphatic rings. The Kier molecular flexibility index (Phi) is 3.90. The van der Waals surface area contributed by atoms with Crippen molar-refractivity contribution in [1.82, 2.24) is 15.1 Å². The lowest BCUT2D eigenvalue weighted by Gasteiger charge is -2.08. The second-order valence-electron chi connectivity index (χ2n) is 4.53. The zero-order chi connectivity index (χ0) is 15.4. The van der Waals surface area contributed by atoms with Gasteiger partial charge in [0.25, 0.3) is 5.56 Å². The third-order valence-corrected chi connectivity index (χ3v) is 3.02. The summed E-state index contributed by atoms with van der Waals surface area (Å²) in [6, 6.07) is 7.74. The van der Waals surface area contributed by atoms with Gasteiger partial charge in [-0.2, -0.15) is 5.10 Å². The average Bonchev–Trinajstić information content (AvgIpc) is 2.97. The highest BCUT2D eigenvalue weighted by molar-refractivity contribution is 5.89. The van der Waals surface area contributed by atoms with Crippen molar-refractivity contribution in [3.05, 3.63) is 46.9 Å². The molecule has 0 aliphatic carbocycles. The maximum atomic E-state index is 11.8. The Morgan fingerprint density at radius 3 is 3.00 bits per heavy atom. The van der Waals surface area contributed by atoms with Crippen molar-refractivity contribution in [1.29, 1.82) is 0 Å². The van der Waals surface area contributed by atoms with Gasteiger partial charge in [0.05, 0.1) is 6.54 Å². The Hall–Kier alpha value is -3.03. The van der Waals surface area contributed by atoms with E-state index in [9.17, 15) is 9.59 Å². The number of urea groups is 1. The van der Waals surface area contributed by atoms with Gasteiger partial charge in [-0.3, -0.25) is 4.79 Å². The van der Waals surface area contributed by atoms with Crippen LogP contribution in [0.5, 0.6) is 11.5 Å². The number of carbonyl (C=O) groups is 1. The first-order valence-corrected chi connectivity index (χ1v) is 6.69. The predicted octanol–water partition coefficient (Wildman–Crippen LogP) is 0.794. The number of nitrogens with one attached hydrogen (secondary N) is 2. The highest BCUT2D eigenvalue weighted by atomic mass is 16.7. The number of hydrogen-bond donors (Lipinski definition) is 2. The number of hydrogen-bond acceptors (Lipinski definition) is 5. The summed E-state index contributed by atoms with van der Waals surface area (Å²) in [5.74, 6) is 1.25. The van der Waals surface area contributed by atoms with Crippen LogP contribution in [0.3, 0.4) is 0 Å². The van der Waals surface area contributed by atoms with E-state index in [2.05, 4.69) is 15.7 Å². The van der Waals surface area contributed by atoms with Crippen molar-refractivity contribution in [2.24, 2.45) is 0 Å². The zero-order valence-electron chi connectivity index (χ0n) is 11.6. The largest absolute Gasteiger partial charge is 0.454 e. The summed E-state index contributed by atoms with van der Waals surface area (Å²) in [6.07, 6.45) is 1.52. The van der Waals surface area contributed by atoms with Crippen molar-refractivity contribution in [2.45, 2.75) is 6.54 Å². The van der Waals surface area contributed by atoms with Crippen LogP contribution in [0.15, 0.2) is 41.3 Å². The van der Waals surface area contributed by atoms with Gasteiger partial charge in [-0.1, -0.05) is 0 Å². The number of nitrogens with zero attached hydrogens (tertiary/aromatic N) is 2. The van der Waals surface area contributed by atoms with Crippen LogP contribution < -0.4 is 25.7 Å². The quantitative estimate of drug-likeness (QED) is 0.871. The van der Waals surface area contributed by atoms with Crippen molar-refractivity contribution in [3.8, 4) is 11.5 Å². The fraction of sp³-hybridized carbons (Fsp3) is 0.214. The second kappa shape index (κ2) is 6.17. The smallest absolute Gasteiger partial charge is 0.319 e. The van der Waals surface area contributed by atoms with Gasteiger partial charge in [-0.25, -0.2) is 9.48 Å². The van der Waals surface area contributed by atoms with E-state index >= 15 is 0 Å². The molecule has 1 aromatic heterocycles. The van der Waals surface area contributed by atoms with Crippen LogP contribution >= 0.6 is 0 Å². The number of aromatic nitrogens is 2. The van der Waals surface area contributed by atoms with Crippen LogP contribution in [0.2, 0.25) is 0 Å². The molecule has 2 amide bonds. The van der Waals surface area contributed by atoms with E-state index in [1.807, 2.05) is 0 Å². The Bertz CT molecular complexity index is 744. The normalized spacial score (nSPS) is 12.0. The SMILES string of the molecule is O=C(NCCn1ncccc1=O)Nc1ccc2c(c1)OCO2. The molecule has 8 nitrogen and oxygen atoms in total. The summed E-state index contributed by atoms with van der Waals surface area (Å²) in [5, 5.41) is 9.23. The number of anilines is 1. The van der Waals surface area contributed by atoms with Gasteiger partial charge in [0.2, 0.25) is 6.79 Å². The second-order valence-corrected chi connectivity index (χ2v) is 4.53. The van der Waals surface area contributed by atoms with Gasteiger partial charge in [0.1, 0.15) is 0 Å². The predicted molar refractivity (Wildman–Crippen MR) is 78.1 cm³/mol. The molecule has 3 rings (SSSR count). The minimum atomic E-state index is -0.372. The summed E-state index contributed by atoms with van der Waals surface area (Å²) in [5.41, 5.74) is 0.386. The molecular formula is C14H14N4O4. The van der Waals surface area contributed by atoms with Crippen LogP contribution in [0.1, 0.15) is 0 Å². The van der Waals surface area contributed by atoms with Gasteiger partial charge in [-0.15, -0.1) is 0 Å². The first kappa shape index (κ1) is 13.9. The lowest BCUT2D eigenvalue weighted by Crippen LogP contribution is -2.34. The third-order valence-electron chi connectivity index (χ3n) is 3.02. The lowest BCUT2D eigenvalue weighted by molar-refractivity contribution is 0.174. The van der Waals surface area contributed by atoms with E-state index in [0.29, 0.717) is 23.7 Å². The van der Waals surface area contributed by atoms with Crippen molar-refractivity contribution in [3.63, 3.8) is 0 Å². The van der Waals surface area contributed by atoms with E-state index in [4.69, 9.17) is 9.47 Å². The maximum absolute atomic E-state index is 11.8. The molecule has 22 heavy (non-hydrogen) atoms. The van der Waals surface area contributed by atoms with Gasteiger partial charge in [-0.05, 0) is 18.2 Å². The standard InChI is InChI=1S/C14H14N4O4/c19-13-2-1-5-16-18(13)7-6-15-14(20)17-10-3-4-11-12(8-10)22-9-21-11/h1-5,8H,6-7,9H2,(H2,15,17,20). The molecule has 0 atom stereocenters. The van der Waals surface area contributed by atoms with Gasteiger partial charge in [0.15, 0.2) is 11.5 Å². The highest BCUT2D eigenvalue weighted by Gasteiger charge is 2.13. The fourth-order valence-corrected chi connectivity index (χ4v) is 1.98. The topological polar surface area (TPSA) is 94.5 Å². The molecule has 0 fully saturated rings. The molecule has 2 aromatic rings. The van der Waals surface area contributed by atoms with Gasteiger partial charge in [0, 0.05) is 30.6 Å². The molecule has 0 unspecified atom stereocenters. The van der Waals surface area contributed by atoms with Crippen molar-refractivity contribution in [2.75, 3.05) is 18.7 Å². The van der Waals surface area contributed by atoms with E-state index < -0.39 is 0 Å². The molecule has 1 aromatic carbocycles. The van der Waals surface area contributed by atoms with Crippen LogP contribution in [0, 0.1) is 0 Å². The molecular weight excluding hydrogens is 288 g/mol. The maximum Gasteiger partial charge on any atom is 0.319 e. The first-order chi connectivity index (χ1) is 10.7. The third kappa shape index (κ3) is 3.17. The molecule has 0 bridgehead atoms. The molecule has 0 saturated heterocycles. The van der Waals surface area contributed by atoms with E-state index in [1.54, 1.807) is 24.3 Å². The first-order valence-electron chi connectivity index (χ1n) is 6.69. The van der Waals surface area contributed by atoms with Crippen LogP contribution in [0.4, 0.5) is 10.5 Å². The zero-order valence-corrected chi connectivity index (χ0v) is 11.6. The number of ether oxygens (including phenoxy) is 2. The number of amides is 2. The van der Waals surface area contributed by atoms with Crippen molar-refractivity contribution >= 4 is 11.7 Å². The summed E-state index contributed by atoms with van der Waals surface area (Å²) in [7, 11) is 0.